The Morgan fingerprint density at radius 3 is 2.58 bits per heavy atom. The minimum Gasteiger partial charge on any atom is -0.507 e. The maximum absolute atomic E-state index is 12.1. The maximum atomic E-state index is 12.1. The van der Waals surface area contributed by atoms with Gasteiger partial charge in [-0.3, -0.25) is 9.59 Å². The van der Waals surface area contributed by atoms with Gasteiger partial charge in [0.25, 0.3) is 5.91 Å². The number of thioether (sulfide) groups is 1. The lowest BCUT2D eigenvalue weighted by atomic mass is 10.0. The fourth-order valence-electron chi connectivity index (χ4n) is 4.23. The number of carbonyl (C=O) groups is 3. The van der Waals surface area contributed by atoms with Crippen molar-refractivity contribution in [1.82, 2.24) is 21.3 Å². The maximum Gasteiger partial charge on any atom is 0.315 e. The smallest absolute Gasteiger partial charge is 0.315 e. The lowest BCUT2D eigenvalue weighted by Crippen LogP contribution is -2.36. The van der Waals surface area contributed by atoms with Crippen LogP contribution in [0, 0.1) is 0 Å². The Morgan fingerprint density at radius 2 is 1.82 bits per heavy atom. The highest BCUT2D eigenvalue weighted by molar-refractivity contribution is 8.00. The average molecular weight is 478 g/mol. The third kappa shape index (κ3) is 7.73. The van der Waals surface area contributed by atoms with Gasteiger partial charge in [0.1, 0.15) is 5.75 Å². The molecule has 10 heteroatoms. The molecule has 7 N–H and O–H groups in total. The van der Waals surface area contributed by atoms with Crippen LogP contribution in [0.1, 0.15) is 61.7 Å². The first-order valence-corrected chi connectivity index (χ1v) is 12.8. The van der Waals surface area contributed by atoms with Gasteiger partial charge in [0, 0.05) is 42.3 Å². The number of hydrogen-bond acceptors (Lipinski definition) is 6. The van der Waals surface area contributed by atoms with E-state index in [9.17, 15) is 19.5 Å². The normalized spacial score (nSPS) is 21.2. The van der Waals surface area contributed by atoms with Crippen LogP contribution in [0.15, 0.2) is 18.2 Å². The molecule has 33 heavy (non-hydrogen) atoms. The molecule has 0 saturated carbocycles. The third-order valence-corrected chi connectivity index (χ3v) is 7.57. The van der Waals surface area contributed by atoms with E-state index >= 15 is 0 Å². The van der Waals surface area contributed by atoms with Crippen molar-refractivity contribution in [2.45, 2.75) is 68.7 Å². The van der Waals surface area contributed by atoms with Crippen LogP contribution in [0.25, 0.3) is 0 Å². The molecule has 0 radical (unpaired) electrons. The number of amides is 4. The summed E-state index contributed by atoms with van der Waals surface area (Å²) in [5.41, 5.74) is 6.20. The number of nitrogen functional groups attached to an aromatic ring is 1. The molecule has 0 aliphatic carbocycles. The number of nitrogens with two attached hydrogens (primary N) is 1. The number of phenols is 1. The Labute approximate surface area is 199 Å². The fourth-order valence-corrected chi connectivity index (χ4v) is 5.78. The standard InChI is InChI=1S/C23H35N5O4S/c24-15-9-10-16(18(29)13-15)22(31)26-12-6-2-1-5-11-25-20(30)8-4-3-7-19-21-17(14-33-19)27-23(32)28-21/h9-10,13,17,19,21,29H,1-8,11-12,14,24H2,(H,25,30)(H,26,31)(H2,27,28,32)/t17-,19-,21-/m0/s1. The summed E-state index contributed by atoms with van der Waals surface area (Å²) in [5.74, 6) is 0.635. The zero-order valence-electron chi connectivity index (χ0n) is 18.9. The summed E-state index contributed by atoms with van der Waals surface area (Å²) in [4.78, 5) is 35.5. The summed E-state index contributed by atoms with van der Waals surface area (Å²) in [5, 5.41) is 21.9. The van der Waals surface area contributed by atoms with Crippen molar-refractivity contribution in [3.8, 4) is 5.75 Å². The van der Waals surface area contributed by atoms with Gasteiger partial charge in [0.15, 0.2) is 0 Å². The summed E-state index contributed by atoms with van der Waals surface area (Å²) in [6.45, 7) is 1.21. The van der Waals surface area contributed by atoms with Gasteiger partial charge in [-0.05, 0) is 37.8 Å². The molecule has 182 valence electrons. The number of hydrogen-bond donors (Lipinski definition) is 6. The molecule has 2 aliphatic rings. The highest BCUT2D eigenvalue weighted by atomic mass is 32.2. The molecule has 0 bridgehead atoms. The van der Waals surface area contributed by atoms with Crippen LogP contribution in [0.3, 0.4) is 0 Å². The van der Waals surface area contributed by atoms with E-state index in [1.807, 2.05) is 11.8 Å². The third-order valence-electron chi connectivity index (χ3n) is 6.06. The van der Waals surface area contributed by atoms with E-state index < -0.39 is 0 Å². The number of unbranched alkanes of at least 4 members (excludes halogenated alkanes) is 4. The topological polar surface area (TPSA) is 146 Å². The summed E-state index contributed by atoms with van der Waals surface area (Å²) < 4.78 is 0. The number of nitrogens with one attached hydrogen (secondary N) is 4. The van der Waals surface area contributed by atoms with E-state index in [1.54, 1.807) is 6.07 Å². The van der Waals surface area contributed by atoms with Gasteiger partial charge in [0.05, 0.1) is 17.6 Å². The van der Waals surface area contributed by atoms with E-state index in [-0.39, 0.29) is 41.2 Å². The first kappa shape index (κ1) is 25.0. The molecule has 1 aromatic rings. The lowest BCUT2D eigenvalue weighted by Gasteiger charge is -2.16. The molecule has 2 saturated heterocycles. The molecular formula is C23H35N5O4S. The predicted molar refractivity (Wildman–Crippen MR) is 130 cm³/mol. The average Bonchev–Trinajstić information content (AvgIpc) is 3.32. The highest BCUT2D eigenvalue weighted by Crippen LogP contribution is 2.33. The molecule has 2 heterocycles. The molecule has 9 nitrogen and oxygen atoms in total. The SMILES string of the molecule is Nc1ccc(C(=O)NCCCCCCNC(=O)CCCC[C@@H]2SC[C@@H]3NC(=O)N[C@@H]32)c(O)c1. The molecule has 2 aliphatic heterocycles. The Hall–Kier alpha value is -2.62. The molecule has 0 unspecified atom stereocenters. The number of fused-ring (bicyclic) bond motifs is 1. The van der Waals surface area contributed by atoms with Gasteiger partial charge in [0.2, 0.25) is 5.91 Å². The molecule has 1 aromatic carbocycles. The first-order chi connectivity index (χ1) is 15.9. The van der Waals surface area contributed by atoms with Crippen molar-refractivity contribution < 1.29 is 19.5 Å². The van der Waals surface area contributed by atoms with Gasteiger partial charge in [-0.15, -0.1) is 0 Å². The first-order valence-electron chi connectivity index (χ1n) is 11.8. The van der Waals surface area contributed by atoms with Crippen molar-refractivity contribution in [2.24, 2.45) is 0 Å². The predicted octanol–water partition coefficient (Wildman–Crippen LogP) is 2.11. The summed E-state index contributed by atoms with van der Waals surface area (Å²) >= 11 is 1.90. The number of carbonyl (C=O) groups excluding carboxylic acids is 3. The van der Waals surface area contributed by atoms with Crippen molar-refractivity contribution in [2.75, 3.05) is 24.6 Å². The second-order valence-electron chi connectivity index (χ2n) is 8.66. The van der Waals surface area contributed by atoms with E-state index in [1.165, 1.54) is 12.1 Å². The highest BCUT2D eigenvalue weighted by Gasteiger charge is 2.42. The summed E-state index contributed by atoms with van der Waals surface area (Å²) in [6.07, 6.45) is 7.10. The molecule has 0 spiro atoms. The molecule has 2 fully saturated rings. The number of aromatic hydroxyl groups is 1. The van der Waals surface area contributed by atoms with Gasteiger partial charge in [-0.1, -0.05) is 19.3 Å². The zero-order chi connectivity index (χ0) is 23.6. The van der Waals surface area contributed by atoms with Crippen LogP contribution in [0.2, 0.25) is 0 Å². The minimum atomic E-state index is -0.309. The number of phenolic OH excluding ortho intramolecular Hbond substituents is 1. The number of benzene rings is 1. The second kappa shape index (κ2) is 12.6. The lowest BCUT2D eigenvalue weighted by molar-refractivity contribution is -0.121. The monoisotopic (exact) mass is 477 g/mol. The van der Waals surface area contributed by atoms with E-state index in [0.29, 0.717) is 30.4 Å². The van der Waals surface area contributed by atoms with E-state index in [0.717, 1.165) is 50.7 Å². The minimum absolute atomic E-state index is 0.0575. The van der Waals surface area contributed by atoms with E-state index in [2.05, 4.69) is 21.3 Å². The quantitative estimate of drug-likeness (QED) is 0.146. The van der Waals surface area contributed by atoms with Crippen LogP contribution >= 0.6 is 11.8 Å². The Kier molecular flexibility index (Phi) is 9.53. The van der Waals surface area contributed by atoms with E-state index in [4.69, 9.17) is 5.73 Å². The Balaban J connectivity index is 1.14. The van der Waals surface area contributed by atoms with Crippen LogP contribution in [0.4, 0.5) is 10.5 Å². The van der Waals surface area contributed by atoms with Crippen LogP contribution in [0.5, 0.6) is 5.75 Å². The summed E-state index contributed by atoms with van der Waals surface area (Å²) in [6, 6.07) is 4.89. The van der Waals surface area contributed by atoms with Crippen LogP contribution in [-0.2, 0) is 4.79 Å². The molecule has 3 atom stereocenters. The largest absolute Gasteiger partial charge is 0.507 e. The number of rotatable bonds is 13. The molecule has 0 aromatic heterocycles. The van der Waals surface area contributed by atoms with Crippen LogP contribution in [-0.4, -0.2) is 59.1 Å². The van der Waals surface area contributed by atoms with Crippen molar-refractivity contribution in [3.05, 3.63) is 23.8 Å². The van der Waals surface area contributed by atoms with Gasteiger partial charge in [-0.2, -0.15) is 11.8 Å². The van der Waals surface area contributed by atoms with Gasteiger partial charge >= 0.3 is 6.03 Å². The zero-order valence-corrected chi connectivity index (χ0v) is 19.7. The van der Waals surface area contributed by atoms with Crippen LogP contribution < -0.4 is 27.0 Å². The fraction of sp³-hybridized carbons (Fsp3) is 0.609. The van der Waals surface area contributed by atoms with Gasteiger partial charge in [-0.25, -0.2) is 4.79 Å². The number of anilines is 1. The Bertz CT molecular complexity index is 837. The summed E-state index contributed by atoms with van der Waals surface area (Å²) in [7, 11) is 0. The van der Waals surface area contributed by atoms with Crippen molar-refractivity contribution >= 4 is 35.3 Å². The molecular weight excluding hydrogens is 442 g/mol. The Morgan fingerprint density at radius 1 is 1.06 bits per heavy atom. The second-order valence-corrected chi connectivity index (χ2v) is 9.94. The number of urea groups is 1. The molecule has 3 rings (SSSR count). The van der Waals surface area contributed by atoms with Gasteiger partial charge < -0.3 is 32.1 Å². The molecule has 4 amide bonds. The van der Waals surface area contributed by atoms with Crippen molar-refractivity contribution in [3.63, 3.8) is 0 Å². The van der Waals surface area contributed by atoms with Crippen molar-refractivity contribution in [1.29, 1.82) is 0 Å².